The summed E-state index contributed by atoms with van der Waals surface area (Å²) < 4.78 is 0.665. The minimum absolute atomic E-state index is 0.0421. The van der Waals surface area contributed by atoms with Gasteiger partial charge in [0.1, 0.15) is 0 Å². The van der Waals surface area contributed by atoms with Crippen molar-refractivity contribution < 1.29 is 39.1 Å². The maximum atomic E-state index is 12.9. The molecule has 0 bridgehead atoms. The summed E-state index contributed by atoms with van der Waals surface area (Å²) in [4.78, 5) is 69.6. The van der Waals surface area contributed by atoms with Gasteiger partial charge in [-0.3, -0.25) is 0 Å². The Bertz CT molecular complexity index is 1230. The Balaban J connectivity index is 2.04. The van der Waals surface area contributed by atoms with Gasteiger partial charge in [0.05, 0.1) is 0 Å². The van der Waals surface area contributed by atoms with E-state index in [9.17, 15) is 34.1 Å². The van der Waals surface area contributed by atoms with Gasteiger partial charge in [-0.15, -0.1) is 0 Å². The molecule has 0 saturated heterocycles. The van der Waals surface area contributed by atoms with Gasteiger partial charge in [-0.25, -0.2) is 0 Å². The van der Waals surface area contributed by atoms with Crippen molar-refractivity contribution in [2.45, 2.75) is 24.9 Å². The first-order valence-electron chi connectivity index (χ1n) is 11.2. The number of nitrogens with one attached hydrogen (secondary N) is 3. The first-order chi connectivity index (χ1) is 18.5. The second kappa shape index (κ2) is 15.4. The minimum atomic E-state index is -1.27. The molecule has 7 N–H and O–H groups in total. The topological polar surface area (TPSA) is 231 Å². The summed E-state index contributed by atoms with van der Waals surface area (Å²) in [5, 5.41) is 35.9. The summed E-state index contributed by atoms with van der Waals surface area (Å²) in [7, 11) is 1.26. The third-order valence-electron chi connectivity index (χ3n) is 4.92. The Morgan fingerprint density at radius 3 is 2.33 bits per heavy atom. The van der Waals surface area contributed by atoms with Crippen LogP contribution in [0.2, 0.25) is 0 Å². The Morgan fingerprint density at radius 1 is 1.05 bits per heavy atom. The summed E-state index contributed by atoms with van der Waals surface area (Å²) in [6.45, 7) is -0.656. The number of anilines is 1. The first-order valence-corrected chi connectivity index (χ1v) is 15.1. The Labute approximate surface area is 231 Å². The number of carboxylic acid groups (broad SMARTS) is 2. The van der Waals surface area contributed by atoms with E-state index < -0.39 is 67.0 Å². The molecule has 0 aliphatic rings. The number of rotatable bonds is 15. The molecule has 2 aromatic carbocycles. The van der Waals surface area contributed by atoms with Gasteiger partial charge in [-0.1, -0.05) is 0 Å². The summed E-state index contributed by atoms with van der Waals surface area (Å²) >= 11 is -0.425. The Hall–Kier alpha value is -3.98. The predicted molar refractivity (Wildman–Crippen MR) is 143 cm³/mol. The van der Waals surface area contributed by atoms with Gasteiger partial charge in [0.25, 0.3) is 0 Å². The molecule has 16 heteroatoms. The van der Waals surface area contributed by atoms with Crippen LogP contribution in [0.3, 0.4) is 0 Å². The van der Waals surface area contributed by atoms with Crippen molar-refractivity contribution in [2.75, 3.05) is 17.6 Å². The average Bonchev–Trinajstić information content (AvgIpc) is 2.90. The van der Waals surface area contributed by atoms with Crippen molar-refractivity contribution in [3.63, 3.8) is 0 Å². The first kappa shape index (κ1) is 31.2. The number of carboxylic acids is 2. The molecule has 0 spiro atoms. The average molecular weight is 627 g/mol. The molecule has 2 aromatic rings. The molecule has 14 nitrogen and oxygen atoms in total. The van der Waals surface area contributed by atoms with Crippen LogP contribution in [-0.4, -0.2) is 83.0 Å². The monoisotopic (exact) mass is 627 g/mol. The number of nitrogens with zero attached hydrogens (tertiary/aromatic N) is 1. The third-order valence-corrected chi connectivity index (χ3v) is 9.16. The number of carbonyl (C=O) groups is 5. The normalized spacial score (nSPS) is 12.0. The Morgan fingerprint density at radius 2 is 1.72 bits per heavy atom. The number of hydrogen-bond donors (Lipinski definition) is 6. The van der Waals surface area contributed by atoms with E-state index in [2.05, 4.69) is 16.0 Å². The third kappa shape index (κ3) is 10.7. The van der Waals surface area contributed by atoms with E-state index in [0.717, 1.165) is 0 Å². The summed E-state index contributed by atoms with van der Waals surface area (Å²) in [6, 6.07) is 9.69. The van der Waals surface area contributed by atoms with Crippen LogP contribution in [0.5, 0.6) is 0 Å². The number of amides is 3. The number of carbonyl (C=O) groups excluding carboxylic acids is 3. The number of benzene rings is 2. The van der Waals surface area contributed by atoms with Crippen LogP contribution in [0.4, 0.5) is 11.4 Å². The predicted octanol–water partition coefficient (Wildman–Crippen LogP) is -0.297. The van der Waals surface area contributed by atoms with E-state index in [4.69, 9.17) is 15.9 Å². The van der Waals surface area contributed by atoms with Crippen LogP contribution < -0.4 is 26.1 Å². The molecule has 2 unspecified atom stereocenters. The van der Waals surface area contributed by atoms with Crippen molar-refractivity contribution in [3.05, 3.63) is 64.2 Å². The molecule has 2 rings (SSSR count). The van der Waals surface area contributed by atoms with Gasteiger partial charge in [0, 0.05) is 0 Å². The quantitative estimate of drug-likeness (QED) is 0.0854. The van der Waals surface area contributed by atoms with Gasteiger partial charge in [0.2, 0.25) is 0 Å². The second-order valence-corrected chi connectivity index (χ2v) is 12.0. The molecular formula is C23H25N5O9SSe. The van der Waals surface area contributed by atoms with Crippen LogP contribution in [0.1, 0.15) is 23.2 Å². The van der Waals surface area contributed by atoms with E-state index in [1.54, 1.807) is 24.3 Å². The van der Waals surface area contributed by atoms with Gasteiger partial charge >= 0.3 is 232 Å². The zero-order valence-electron chi connectivity index (χ0n) is 20.2. The van der Waals surface area contributed by atoms with Crippen molar-refractivity contribution in [2.24, 2.45) is 5.73 Å². The number of nitrogens with two attached hydrogens (primary N) is 1. The van der Waals surface area contributed by atoms with E-state index >= 15 is 0 Å². The molecule has 0 fully saturated rings. The molecular weight excluding hydrogens is 601 g/mol. The molecule has 3 amide bonds. The molecule has 0 heterocycles. The molecule has 0 saturated carbocycles. The van der Waals surface area contributed by atoms with Crippen LogP contribution in [0, 0.1) is 10.1 Å². The maximum absolute atomic E-state index is 12.9. The molecule has 0 aromatic heterocycles. The van der Waals surface area contributed by atoms with Crippen molar-refractivity contribution in [1.82, 2.24) is 10.6 Å². The van der Waals surface area contributed by atoms with Crippen LogP contribution in [0.15, 0.2) is 48.5 Å². The fourth-order valence-corrected chi connectivity index (χ4v) is 7.11. The molecule has 2 atom stereocenters. The number of nitro benzene ring substituents is 1. The molecule has 0 aliphatic heterocycles. The van der Waals surface area contributed by atoms with Crippen LogP contribution >= 0.6 is 10.2 Å². The summed E-state index contributed by atoms with van der Waals surface area (Å²) in [6.07, 6.45) is -0.406. The number of nitro groups is 1. The van der Waals surface area contributed by atoms with Gasteiger partial charge in [-0.05, 0) is 0 Å². The van der Waals surface area contributed by atoms with Crippen LogP contribution in [0.25, 0.3) is 0 Å². The Kier molecular flexibility index (Phi) is 12.4. The fraction of sp³-hybridized carbons (Fsp3) is 0.261. The summed E-state index contributed by atoms with van der Waals surface area (Å²) in [5.41, 5.74) is 5.99. The standard InChI is InChI=1S/C23H25N5O9SSe/c24-16(23(34)35)9-10-19(29)27-17(22(33)25-11-20(30)31)12-38-39-18-4-2-1-3-15(18)21(32)26-13-5-7-14(8-6-13)28(36)37/h1-8,16-17H,9-12,24H2,(H,25,33)(H,26,32)(H,27,29)(H,30,31)(H,34,35). The zero-order chi connectivity index (χ0) is 28.9. The van der Waals surface area contributed by atoms with Crippen molar-refractivity contribution in [3.8, 4) is 0 Å². The van der Waals surface area contributed by atoms with E-state index in [0.29, 0.717) is 15.7 Å². The van der Waals surface area contributed by atoms with Crippen molar-refractivity contribution >= 4 is 69.5 Å². The fourth-order valence-electron chi connectivity index (χ4n) is 2.90. The second-order valence-electron chi connectivity index (χ2n) is 7.84. The molecule has 0 radical (unpaired) electrons. The van der Waals surface area contributed by atoms with E-state index in [1.807, 2.05) is 0 Å². The van der Waals surface area contributed by atoms with Crippen LogP contribution in [-0.2, 0) is 19.2 Å². The molecule has 208 valence electrons. The number of aliphatic carboxylic acids is 2. The zero-order valence-corrected chi connectivity index (χ0v) is 22.7. The number of non-ortho nitro benzene ring substituents is 1. The summed E-state index contributed by atoms with van der Waals surface area (Å²) in [5.74, 6) is -4.31. The molecule has 0 aliphatic carbocycles. The SMILES string of the molecule is NC(CCC(=O)NC(CS[Se]c1ccccc1C(=O)Nc1ccc([N+](=O)[O-])cc1)C(=O)NCC(=O)O)C(=O)O. The van der Waals surface area contributed by atoms with Gasteiger partial charge < -0.3 is 0 Å². The molecule has 39 heavy (non-hydrogen) atoms. The van der Waals surface area contributed by atoms with Gasteiger partial charge in [-0.2, -0.15) is 0 Å². The van der Waals surface area contributed by atoms with Gasteiger partial charge in [0.15, 0.2) is 0 Å². The van der Waals surface area contributed by atoms with Crippen molar-refractivity contribution in [1.29, 1.82) is 0 Å². The number of hydrogen-bond acceptors (Lipinski definition) is 9. The van der Waals surface area contributed by atoms with E-state index in [1.165, 1.54) is 34.4 Å². The van der Waals surface area contributed by atoms with E-state index in [-0.39, 0.29) is 24.3 Å².